The van der Waals surface area contributed by atoms with Crippen LogP contribution < -0.4 is 5.63 Å². The largest absolute Gasteiger partial charge is 0.456 e. The highest BCUT2D eigenvalue weighted by molar-refractivity contribution is 6.30. The van der Waals surface area contributed by atoms with Crippen molar-refractivity contribution in [2.75, 3.05) is 0 Å². The molecule has 0 unspecified atom stereocenters. The maximum atomic E-state index is 11.8. The first-order chi connectivity index (χ1) is 11.2. The van der Waals surface area contributed by atoms with Crippen LogP contribution >= 0.6 is 11.6 Å². The van der Waals surface area contributed by atoms with Crippen LogP contribution in [0.3, 0.4) is 0 Å². The highest BCUT2D eigenvalue weighted by Crippen LogP contribution is 2.32. The Morgan fingerprint density at radius 2 is 1.52 bits per heavy atom. The Kier molecular flexibility index (Phi) is 3.28. The van der Waals surface area contributed by atoms with Crippen molar-refractivity contribution in [2.45, 2.75) is 0 Å². The van der Waals surface area contributed by atoms with E-state index >= 15 is 0 Å². The van der Waals surface area contributed by atoms with E-state index in [1.165, 1.54) is 6.07 Å². The molecule has 0 aliphatic heterocycles. The van der Waals surface area contributed by atoms with E-state index in [9.17, 15) is 4.79 Å². The molecule has 112 valence electrons. The zero-order chi connectivity index (χ0) is 15.8. The lowest BCUT2D eigenvalue weighted by Gasteiger charge is -2.02. The minimum atomic E-state index is -0.400. The van der Waals surface area contributed by atoms with Gasteiger partial charge in [-0.15, -0.1) is 0 Å². The molecule has 2 aromatic carbocycles. The molecule has 0 aliphatic carbocycles. The molecule has 2 aromatic heterocycles. The van der Waals surface area contributed by atoms with Crippen LogP contribution in [-0.2, 0) is 0 Å². The monoisotopic (exact) mass is 322 g/mol. The average Bonchev–Trinajstić information content (AvgIpc) is 3.04. The third kappa shape index (κ3) is 2.56. The summed E-state index contributed by atoms with van der Waals surface area (Å²) in [5, 5.41) is 1.51. The van der Waals surface area contributed by atoms with Gasteiger partial charge in [-0.3, -0.25) is 0 Å². The second kappa shape index (κ2) is 5.45. The Hall–Kier alpha value is -2.78. The summed E-state index contributed by atoms with van der Waals surface area (Å²) in [4.78, 5) is 11.8. The Balaban J connectivity index is 1.86. The lowest BCUT2D eigenvalue weighted by molar-refractivity contribution is 0.558. The van der Waals surface area contributed by atoms with Gasteiger partial charge in [0.05, 0.1) is 0 Å². The van der Waals surface area contributed by atoms with Crippen LogP contribution in [0.2, 0.25) is 5.02 Å². The summed E-state index contributed by atoms with van der Waals surface area (Å²) in [5.74, 6) is 1.34. The molecule has 2 heterocycles. The average molecular weight is 323 g/mol. The van der Waals surface area contributed by atoms with Gasteiger partial charge < -0.3 is 8.83 Å². The number of para-hydroxylation sites is 1. The zero-order valence-corrected chi connectivity index (χ0v) is 12.7. The van der Waals surface area contributed by atoms with Crippen LogP contribution in [0.5, 0.6) is 0 Å². The minimum absolute atomic E-state index is 0.400. The summed E-state index contributed by atoms with van der Waals surface area (Å²) < 4.78 is 11.2. The van der Waals surface area contributed by atoms with Crippen LogP contribution in [0.25, 0.3) is 33.6 Å². The number of hydrogen-bond acceptors (Lipinski definition) is 3. The Morgan fingerprint density at radius 3 is 2.35 bits per heavy atom. The molecule has 0 atom stereocenters. The number of furan rings is 1. The fourth-order valence-corrected chi connectivity index (χ4v) is 2.69. The molecule has 0 N–H and O–H groups in total. The molecular formula is C19H11ClO3. The fraction of sp³-hybridized carbons (Fsp3) is 0. The molecule has 0 fully saturated rings. The van der Waals surface area contributed by atoms with Crippen molar-refractivity contribution >= 4 is 22.6 Å². The molecule has 23 heavy (non-hydrogen) atoms. The molecule has 0 amide bonds. The van der Waals surface area contributed by atoms with Crippen molar-refractivity contribution in [3.8, 4) is 22.6 Å². The van der Waals surface area contributed by atoms with Crippen LogP contribution in [-0.4, -0.2) is 0 Å². The van der Waals surface area contributed by atoms with Crippen molar-refractivity contribution in [2.24, 2.45) is 0 Å². The summed E-state index contributed by atoms with van der Waals surface area (Å²) in [6.45, 7) is 0. The first kappa shape index (κ1) is 13.9. The van der Waals surface area contributed by atoms with Crippen molar-refractivity contribution in [1.29, 1.82) is 0 Å². The SMILES string of the molecule is O=c1cc(-c2ccc(-c3ccc(Cl)cc3)o2)c2ccccc2o1. The number of fused-ring (bicyclic) bond motifs is 1. The van der Waals surface area contributed by atoms with Crippen molar-refractivity contribution < 1.29 is 8.83 Å². The molecule has 0 saturated carbocycles. The van der Waals surface area contributed by atoms with Crippen LogP contribution in [0.4, 0.5) is 0 Å². The van der Waals surface area contributed by atoms with Gasteiger partial charge >= 0.3 is 5.63 Å². The second-order valence-corrected chi connectivity index (χ2v) is 5.58. The Morgan fingerprint density at radius 1 is 0.783 bits per heavy atom. The van der Waals surface area contributed by atoms with Gasteiger partial charge in [0, 0.05) is 27.6 Å². The van der Waals surface area contributed by atoms with E-state index in [0.29, 0.717) is 22.1 Å². The van der Waals surface area contributed by atoms with Gasteiger partial charge in [-0.05, 0) is 42.5 Å². The quantitative estimate of drug-likeness (QED) is 0.466. The van der Waals surface area contributed by atoms with E-state index in [1.54, 1.807) is 6.07 Å². The summed E-state index contributed by atoms with van der Waals surface area (Å²) >= 11 is 5.91. The van der Waals surface area contributed by atoms with Crippen LogP contribution in [0.1, 0.15) is 0 Å². The highest BCUT2D eigenvalue weighted by Gasteiger charge is 2.12. The molecule has 3 nitrogen and oxygen atoms in total. The number of benzene rings is 2. The number of hydrogen-bond donors (Lipinski definition) is 0. The van der Waals surface area contributed by atoms with E-state index in [-0.39, 0.29) is 0 Å². The van der Waals surface area contributed by atoms with Gasteiger partial charge in [0.2, 0.25) is 0 Å². The first-order valence-electron chi connectivity index (χ1n) is 7.10. The molecule has 4 rings (SSSR count). The summed E-state index contributed by atoms with van der Waals surface area (Å²) in [6.07, 6.45) is 0. The van der Waals surface area contributed by atoms with Crippen molar-refractivity contribution in [3.63, 3.8) is 0 Å². The highest BCUT2D eigenvalue weighted by atomic mass is 35.5. The second-order valence-electron chi connectivity index (χ2n) is 5.15. The van der Waals surface area contributed by atoms with E-state index in [0.717, 1.165) is 16.5 Å². The third-order valence-corrected chi connectivity index (χ3v) is 3.90. The molecule has 0 spiro atoms. The normalized spacial score (nSPS) is 11.0. The van der Waals surface area contributed by atoms with Gasteiger partial charge in [-0.2, -0.15) is 0 Å². The van der Waals surface area contributed by atoms with E-state index in [2.05, 4.69) is 0 Å². The summed E-state index contributed by atoms with van der Waals surface area (Å²) in [7, 11) is 0. The first-order valence-corrected chi connectivity index (χ1v) is 7.47. The Bertz CT molecular complexity index is 1040. The van der Waals surface area contributed by atoms with Gasteiger partial charge in [0.1, 0.15) is 17.1 Å². The van der Waals surface area contributed by atoms with E-state index in [1.807, 2.05) is 54.6 Å². The Labute approximate surface area is 136 Å². The summed E-state index contributed by atoms with van der Waals surface area (Å²) in [6, 6.07) is 20.0. The molecule has 0 radical (unpaired) electrons. The summed E-state index contributed by atoms with van der Waals surface area (Å²) in [5.41, 5.74) is 1.78. The maximum Gasteiger partial charge on any atom is 0.336 e. The lowest BCUT2D eigenvalue weighted by atomic mass is 10.1. The minimum Gasteiger partial charge on any atom is -0.456 e. The maximum absolute atomic E-state index is 11.8. The molecule has 0 bridgehead atoms. The predicted molar refractivity (Wildman–Crippen MR) is 90.6 cm³/mol. The smallest absolute Gasteiger partial charge is 0.336 e. The zero-order valence-electron chi connectivity index (χ0n) is 12.0. The number of rotatable bonds is 2. The third-order valence-electron chi connectivity index (χ3n) is 3.65. The van der Waals surface area contributed by atoms with E-state index < -0.39 is 5.63 Å². The molecule has 0 saturated heterocycles. The molecule has 4 heteroatoms. The molecule has 0 aliphatic rings. The standard InChI is InChI=1S/C19H11ClO3/c20-13-7-5-12(6-8-13)16-9-10-18(22-16)15-11-19(21)23-17-4-2-1-3-14(15)17/h1-11H. The van der Waals surface area contributed by atoms with Crippen molar-refractivity contribution in [1.82, 2.24) is 0 Å². The predicted octanol–water partition coefficient (Wildman–Crippen LogP) is 5.37. The van der Waals surface area contributed by atoms with E-state index in [4.69, 9.17) is 20.4 Å². The number of halogens is 1. The molecule has 4 aromatic rings. The van der Waals surface area contributed by atoms with Crippen molar-refractivity contribution in [3.05, 3.63) is 82.2 Å². The topological polar surface area (TPSA) is 43.4 Å². The van der Waals surface area contributed by atoms with Crippen LogP contribution in [0.15, 0.2) is 80.4 Å². The molecular weight excluding hydrogens is 312 g/mol. The van der Waals surface area contributed by atoms with Gasteiger partial charge in [-0.1, -0.05) is 29.8 Å². The van der Waals surface area contributed by atoms with Gasteiger partial charge in [-0.25, -0.2) is 4.79 Å². The van der Waals surface area contributed by atoms with Gasteiger partial charge in [0.15, 0.2) is 0 Å². The lowest BCUT2D eigenvalue weighted by Crippen LogP contribution is -1.97. The van der Waals surface area contributed by atoms with Crippen LogP contribution in [0, 0.1) is 0 Å². The van der Waals surface area contributed by atoms with Gasteiger partial charge in [0.25, 0.3) is 0 Å². The fourth-order valence-electron chi connectivity index (χ4n) is 2.57.